The maximum atomic E-state index is 13.1. The summed E-state index contributed by atoms with van der Waals surface area (Å²) in [6.45, 7) is 0.468. The van der Waals surface area contributed by atoms with E-state index < -0.39 is 28.5 Å². The highest BCUT2D eigenvalue weighted by Crippen LogP contribution is 2.32. The number of thiophene rings is 1. The maximum absolute atomic E-state index is 13.1. The molecule has 4 rings (SSSR count). The van der Waals surface area contributed by atoms with Gasteiger partial charge in [0, 0.05) is 23.7 Å². The van der Waals surface area contributed by atoms with Crippen LogP contribution in [0.15, 0.2) is 29.2 Å². The zero-order valence-corrected chi connectivity index (χ0v) is 20.2. The Hall–Kier alpha value is -2.43. The summed E-state index contributed by atoms with van der Waals surface area (Å²) < 4.78 is 38.1. The van der Waals surface area contributed by atoms with Crippen molar-refractivity contribution in [3.8, 4) is 5.75 Å². The fraction of sp³-hybridized carbons (Fsp3) is 0.478. The number of piperidine rings is 1. The van der Waals surface area contributed by atoms with Gasteiger partial charge < -0.3 is 14.8 Å². The lowest BCUT2D eigenvalue weighted by atomic mass is 9.99. The first-order valence-corrected chi connectivity index (χ1v) is 13.4. The average molecular weight is 493 g/mol. The van der Waals surface area contributed by atoms with E-state index in [2.05, 4.69) is 5.32 Å². The molecule has 1 aromatic heterocycles. The maximum Gasteiger partial charge on any atom is 0.348 e. The van der Waals surface area contributed by atoms with Crippen molar-refractivity contribution >= 4 is 38.9 Å². The van der Waals surface area contributed by atoms with Crippen LogP contribution in [0.3, 0.4) is 0 Å². The van der Waals surface area contributed by atoms with E-state index in [9.17, 15) is 18.0 Å². The number of hydrogen-bond acceptors (Lipinski definition) is 7. The third kappa shape index (κ3) is 5.39. The van der Waals surface area contributed by atoms with E-state index >= 15 is 0 Å². The van der Waals surface area contributed by atoms with Crippen LogP contribution in [0.1, 0.15) is 52.2 Å². The van der Waals surface area contributed by atoms with Crippen LogP contribution >= 0.6 is 11.3 Å². The number of sulfonamides is 1. The molecule has 1 saturated heterocycles. The molecule has 1 N–H and O–H groups in total. The SMILES string of the molecule is COc1ccc(NC(=O)COC(=O)c2cc3c(s2)CCCC3)cc1S(=O)(=O)N1CCCCC1. The van der Waals surface area contributed by atoms with Gasteiger partial charge >= 0.3 is 5.97 Å². The van der Waals surface area contributed by atoms with E-state index in [1.165, 1.54) is 45.3 Å². The van der Waals surface area contributed by atoms with Crippen molar-refractivity contribution in [1.29, 1.82) is 0 Å². The molecule has 178 valence electrons. The number of nitrogens with zero attached hydrogens (tertiary/aromatic N) is 1. The third-order valence-electron chi connectivity index (χ3n) is 5.91. The van der Waals surface area contributed by atoms with Crippen LogP contribution in [0.4, 0.5) is 5.69 Å². The average Bonchev–Trinajstić information content (AvgIpc) is 3.27. The van der Waals surface area contributed by atoms with Crippen molar-refractivity contribution in [3.63, 3.8) is 0 Å². The van der Waals surface area contributed by atoms with Crippen molar-refractivity contribution in [2.45, 2.75) is 49.8 Å². The van der Waals surface area contributed by atoms with Crippen LogP contribution in [-0.4, -0.2) is 51.4 Å². The van der Waals surface area contributed by atoms with E-state index in [1.807, 2.05) is 6.07 Å². The van der Waals surface area contributed by atoms with E-state index in [4.69, 9.17) is 9.47 Å². The Kier molecular flexibility index (Phi) is 7.35. The van der Waals surface area contributed by atoms with E-state index in [1.54, 1.807) is 6.07 Å². The van der Waals surface area contributed by atoms with Gasteiger partial charge in [0.1, 0.15) is 15.5 Å². The predicted octanol–water partition coefficient (Wildman–Crippen LogP) is 3.61. The number of rotatable bonds is 7. The fourth-order valence-corrected chi connectivity index (χ4v) is 7.04. The molecule has 2 aliphatic rings. The number of amides is 1. The number of fused-ring (bicyclic) bond motifs is 1. The quantitative estimate of drug-likeness (QED) is 0.593. The number of anilines is 1. The van der Waals surface area contributed by atoms with Gasteiger partial charge in [-0.15, -0.1) is 11.3 Å². The first kappa shape index (κ1) is 23.7. The summed E-state index contributed by atoms with van der Waals surface area (Å²) >= 11 is 1.43. The van der Waals surface area contributed by atoms with Gasteiger partial charge in [-0.1, -0.05) is 6.42 Å². The summed E-state index contributed by atoms with van der Waals surface area (Å²) in [6.07, 6.45) is 6.84. The lowest BCUT2D eigenvalue weighted by molar-refractivity contribution is -0.119. The molecule has 0 atom stereocenters. The zero-order chi connectivity index (χ0) is 23.4. The Morgan fingerprint density at radius 1 is 1.06 bits per heavy atom. The van der Waals surface area contributed by atoms with Crippen LogP contribution < -0.4 is 10.1 Å². The second-order valence-electron chi connectivity index (χ2n) is 8.22. The van der Waals surface area contributed by atoms with Crippen LogP contribution in [0.5, 0.6) is 5.75 Å². The molecule has 1 amide bonds. The molecule has 2 aromatic rings. The highest BCUT2D eigenvalue weighted by Gasteiger charge is 2.29. The first-order valence-electron chi connectivity index (χ1n) is 11.2. The Morgan fingerprint density at radius 3 is 2.55 bits per heavy atom. The highest BCUT2D eigenvalue weighted by atomic mass is 32.2. The molecule has 0 radical (unpaired) electrons. The van der Waals surface area contributed by atoms with Crippen molar-refractivity contribution in [1.82, 2.24) is 4.31 Å². The van der Waals surface area contributed by atoms with Gasteiger partial charge in [-0.05, 0) is 68.4 Å². The number of ether oxygens (including phenoxy) is 2. The number of nitrogens with one attached hydrogen (secondary N) is 1. The van der Waals surface area contributed by atoms with E-state index in [0.717, 1.165) is 44.9 Å². The zero-order valence-electron chi connectivity index (χ0n) is 18.6. The summed E-state index contributed by atoms with van der Waals surface area (Å²) in [5.41, 5.74) is 1.49. The van der Waals surface area contributed by atoms with Gasteiger partial charge in [-0.25, -0.2) is 13.2 Å². The Bertz CT molecular complexity index is 1110. The van der Waals surface area contributed by atoms with Gasteiger partial charge in [0.25, 0.3) is 5.91 Å². The first-order chi connectivity index (χ1) is 15.9. The van der Waals surface area contributed by atoms with E-state index in [0.29, 0.717) is 23.7 Å². The molecular weight excluding hydrogens is 464 g/mol. The molecule has 0 unspecified atom stereocenters. The number of esters is 1. The summed E-state index contributed by atoms with van der Waals surface area (Å²) in [7, 11) is -2.35. The number of carbonyl (C=O) groups is 2. The van der Waals surface area contributed by atoms with Crippen molar-refractivity contribution in [2.24, 2.45) is 0 Å². The van der Waals surface area contributed by atoms with Crippen LogP contribution in [-0.2, 0) is 32.4 Å². The minimum atomic E-state index is -3.75. The molecule has 33 heavy (non-hydrogen) atoms. The number of benzene rings is 1. The lowest BCUT2D eigenvalue weighted by Gasteiger charge is -2.26. The normalized spacial score (nSPS) is 16.6. The summed E-state index contributed by atoms with van der Waals surface area (Å²) in [5, 5.41) is 2.61. The molecule has 10 heteroatoms. The second-order valence-corrected chi connectivity index (χ2v) is 11.3. The Balaban J connectivity index is 1.41. The van der Waals surface area contributed by atoms with E-state index in [-0.39, 0.29) is 10.6 Å². The molecule has 1 aromatic carbocycles. The van der Waals surface area contributed by atoms with Gasteiger partial charge in [0.2, 0.25) is 10.0 Å². The van der Waals surface area contributed by atoms with Crippen LogP contribution in [0.2, 0.25) is 0 Å². The molecule has 1 aliphatic heterocycles. The summed E-state index contributed by atoms with van der Waals surface area (Å²) in [5.74, 6) is -0.851. The highest BCUT2D eigenvalue weighted by molar-refractivity contribution is 7.89. The molecule has 0 saturated carbocycles. The smallest absolute Gasteiger partial charge is 0.348 e. The molecule has 1 aliphatic carbocycles. The van der Waals surface area contributed by atoms with Crippen molar-refractivity contribution in [3.05, 3.63) is 39.6 Å². The minimum Gasteiger partial charge on any atom is -0.495 e. The van der Waals surface area contributed by atoms with Gasteiger partial charge in [-0.3, -0.25) is 4.79 Å². The molecule has 0 bridgehead atoms. The second kappa shape index (κ2) is 10.2. The Labute approximate surface area is 197 Å². The minimum absolute atomic E-state index is 0.00543. The number of hydrogen-bond donors (Lipinski definition) is 1. The molecule has 1 fully saturated rings. The van der Waals surface area contributed by atoms with Crippen molar-refractivity contribution < 1.29 is 27.5 Å². The van der Waals surface area contributed by atoms with Crippen LogP contribution in [0.25, 0.3) is 0 Å². The predicted molar refractivity (Wildman–Crippen MR) is 125 cm³/mol. The summed E-state index contributed by atoms with van der Waals surface area (Å²) in [6, 6.07) is 6.31. The number of carbonyl (C=O) groups excluding carboxylic acids is 2. The molecule has 8 nitrogen and oxygen atoms in total. The monoisotopic (exact) mass is 492 g/mol. The standard InChI is InChI=1S/C23H28N2O6S2/c1-30-18-10-9-17(14-21(18)33(28,29)25-11-5-2-6-12-25)24-22(26)15-31-23(27)20-13-16-7-3-4-8-19(16)32-20/h9-10,13-14H,2-8,11-12,15H2,1H3,(H,24,26). The fourth-order valence-electron chi connectivity index (χ4n) is 4.19. The molecule has 2 heterocycles. The van der Waals surface area contributed by atoms with Gasteiger partial charge in [-0.2, -0.15) is 4.31 Å². The number of methoxy groups -OCH3 is 1. The number of aryl methyl sites for hydroxylation is 2. The Morgan fingerprint density at radius 2 is 1.82 bits per heavy atom. The van der Waals surface area contributed by atoms with Gasteiger partial charge in [0.15, 0.2) is 6.61 Å². The third-order valence-corrected chi connectivity index (χ3v) is 9.05. The van der Waals surface area contributed by atoms with Gasteiger partial charge in [0.05, 0.1) is 7.11 Å². The summed E-state index contributed by atoms with van der Waals surface area (Å²) in [4.78, 5) is 26.5. The molecular formula is C23H28N2O6S2. The molecule has 0 spiro atoms. The topological polar surface area (TPSA) is 102 Å². The van der Waals surface area contributed by atoms with Crippen LogP contribution in [0, 0.1) is 0 Å². The van der Waals surface area contributed by atoms with Crippen molar-refractivity contribution in [2.75, 3.05) is 32.1 Å². The largest absolute Gasteiger partial charge is 0.495 e. The lowest BCUT2D eigenvalue weighted by Crippen LogP contribution is -2.35.